The molecule has 0 aliphatic heterocycles. The quantitative estimate of drug-likeness (QED) is 0.559. The van der Waals surface area contributed by atoms with E-state index in [1.807, 2.05) is 36.4 Å². The summed E-state index contributed by atoms with van der Waals surface area (Å²) < 4.78 is 0. The maximum absolute atomic E-state index is 6.31. The van der Waals surface area contributed by atoms with E-state index >= 15 is 0 Å². The fraction of sp³-hybridized carbons (Fsp3) is 0.100. The third kappa shape index (κ3) is 4.16. The average molecular weight is 430 g/mol. The lowest BCUT2D eigenvalue weighted by Gasteiger charge is -2.26. The molecule has 0 amide bonds. The first-order valence-corrected chi connectivity index (χ1v) is 10.8. The average Bonchev–Trinajstić information content (AvgIpc) is 2.56. The van der Waals surface area contributed by atoms with Crippen molar-refractivity contribution < 1.29 is 12.4 Å². The van der Waals surface area contributed by atoms with Crippen LogP contribution in [0.2, 0.25) is 15.1 Å². The summed E-state index contributed by atoms with van der Waals surface area (Å²) in [6.07, 6.45) is 0.966. The van der Waals surface area contributed by atoms with Crippen LogP contribution in [0.1, 0.15) is 6.92 Å². The smallest absolute Gasteiger partial charge is 0.112 e. The van der Waals surface area contributed by atoms with Crippen molar-refractivity contribution in [3.8, 4) is 0 Å². The third-order valence-electron chi connectivity index (χ3n) is 4.22. The maximum Gasteiger partial charge on any atom is 0.112 e. The second-order valence-electron chi connectivity index (χ2n) is 5.57. The molecule has 0 atom stereocenters. The highest BCUT2D eigenvalue weighted by molar-refractivity contribution is 7.95. The van der Waals surface area contributed by atoms with Crippen LogP contribution in [-0.4, -0.2) is 6.16 Å². The Labute approximate surface area is 170 Å². The predicted molar refractivity (Wildman–Crippen MR) is 111 cm³/mol. The third-order valence-corrected chi connectivity index (χ3v) is 9.35. The van der Waals surface area contributed by atoms with Gasteiger partial charge in [-0.15, -0.1) is 0 Å². The summed E-state index contributed by atoms with van der Waals surface area (Å²) in [5.74, 6) is 0. The SMILES string of the molecule is CC[P+](c1cccc(Cl)c1)(c1cccc(Cl)c1)c1cccc(Cl)c1.[Cl-]. The van der Waals surface area contributed by atoms with Crippen LogP contribution < -0.4 is 28.3 Å². The summed E-state index contributed by atoms with van der Waals surface area (Å²) >= 11 is 18.9. The Morgan fingerprint density at radius 2 is 0.960 bits per heavy atom. The second-order valence-corrected chi connectivity index (χ2v) is 10.7. The number of halogens is 4. The summed E-state index contributed by atoms with van der Waals surface area (Å²) in [5.41, 5.74) is 0. The predicted octanol–water partition coefficient (Wildman–Crippen LogP) is 2.96. The molecule has 0 unspecified atom stereocenters. The van der Waals surface area contributed by atoms with Gasteiger partial charge in [0, 0.05) is 15.1 Å². The van der Waals surface area contributed by atoms with Crippen molar-refractivity contribution in [2.24, 2.45) is 0 Å². The van der Waals surface area contributed by atoms with Crippen molar-refractivity contribution in [1.82, 2.24) is 0 Å². The summed E-state index contributed by atoms with van der Waals surface area (Å²) in [4.78, 5) is 0. The number of benzene rings is 3. The number of hydrogen-bond acceptors (Lipinski definition) is 0. The van der Waals surface area contributed by atoms with Gasteiger partial charge >= 0.3 is 0 Å². The second kappa shape index (κ2) is 8.76. The molecule has 0 nitrogen and oxygen atoms in total. The fourth-order valence-electron chi connectivity index (χ4n) is 3.14. The Bertz CT molecular complexity index is 753. The molecule has 0 saturated carbocycles. The molecule has 0 N–H and O–H groups in total. The first kappa shape index (κ1) is 20.6. The van der Waals surface area contributed by atoms with E-state index in [-0.39, 0.29) is 12.4 Å². The summed E-state index contributed by atoms with van der Waals surface area (Å²) in [5, 5.41) is 5.95. The van der Waals surface area contributed by atoms with Crippen LogP contribution in [-0.2, 0) is 0 Å². The minimum Gasteiger partial charge on any atom is -1.00 e. The van der Waals surface area contributed by atoms with Gasteiger partial charge in [-0.25, -0.2) is 0 Å². The molecule has 0 heterocycles. The lowest BCUT2D eigenvalue weighted by atomic mass is 10.3. The van der Waals surface area contributed by atoms with E-state index in [2.05, 4.69) is 43.3 Å². The summed E-state index contributed by atoms with van der Waals surface area (Å²) in [7, 11) is -1.87. The van der Waals surface area contributed by atoms with Gasteiger partial charge in [-0.3, -0.25) is 0 Å². The molecule has 0 fully saturated rings. The molecular weight excluding hydrogens is 413 g/mol. The van der Waals surface area contributed by atoms with Gasteiger partial charge in [0.05, 0.1) is 6.16 Å². The zero-order chi connectivity index (χ0) is 17.2. The van der Waals surface area contributed by atoms with Crippen LogP contribution in [0, 0.1) is 0 Å². The lowest BCUT2D eigenvalue weighted by Crippen LogP contribution is -3.00. The van der Waals surface area contributed by atoms with Crippen molar-refractivity contribution in [3.63, 3.8) is 0 Å². The largest absolute Gasteiger partial charge is 1.00 e. The van der Waals surface area contributed by atoms with Gasteiger partial charge in [0.2, 0.25) is 0 Å². The van der Waals surface area contributed by atoms with Gasteiger partial charge in [0.1, 0.15) is 23.2 Å². The Morgan fingerprint density at radius 3 is 1.20 bits per heavy atom. The van der Waals surface area contributed by atoms with Crippen LogP contribution in [0.15, 0.2) is 72.8 Å². The highest BCUT2D eigenvalue weighted by Crippen LogP contribution is 2.55. The Morgan fingerprint density at radius 1 is 0.640 bits per heavy atom. The molecular formula is C20H17Cl4P. The molecule has 25 heavy (non-hydrogen) atoms. The minimum absolute atomic E-state index is 0. The van der Waals surface area contributed by atoms with E-state index in [1.54, 1.807) is 0 Å². The minimum atomic E-state index is -1.87. The lowest BCUT2D eigenvalue weighted by molar-refractivity contribution is -0.00000443. The van der Waals surface area contributed by atoms with Gasteiger partial charge in [-0.2, -0.15) is 0 Å². The van der Waals surface area contributed by atoms with E-state index in [4.69, 9.17) is 34.8 Å². The van der Waals surface area contributed by atoms with Crippen LogP contribution in [0.5, 0.6) is 0 Å². The molecule has 130 valence electrons. The van der Waals surface area contributed by atoms with Gasteiger partial charge in [-0.1, -0.05) is 53.0 Å². The first-order chi connectivity index (χ1) is 11.6. The monoisotopic (exact) mass is 428 g/mol. The first-order valence-electron chi connectivity index (χ1n) is 7.73. The van der Waals surface area contributed by atoms with E-state index in [9.17, 15) is 0 Å². The van der Waals surface area contributed by atoms with Crippen LogP contribution in [0.3, 0.4) is 0 Å². The van der Waals surface area contributed by atoms with Crippen molar-refractivity contribution in [1.29, 1.82) is 0 Å². The maximum atomic E-state index is 6.31. The standard InChI is InChI=1S/C20H17Cl3P.ClH/c1-2-24(18-9-3-6-15(21)12-18,19-10-4-7-16(22)13-19)20-11-5-8-17(23)14-20;/h3-14H,2H2,1H3;1H/q+1;/p-1. The molecule has 0 aliphatic rings. The molecule has 0 aliphatic carbocycles. The fourth-order valence-corrected chi connectivity index (χ4v) is 8.02. The number of rotatable bonds is 4. The van der Waals surface area contributed by atoms with Crippen molar-refractivity contribution in [2.45, 2.75) is 6.92 Å². The topological polar surface area (TPSA) is 0 Å². The molecule has 3 rings (SSSR count). The normalized spacial score (nSPS) is 11.0. The van der Waals surface area contributed by atoms with E-state index in [0.717, 1.165) is 21.2 Å². The molecule has 0 radical (unpaired) electrons. The van der Waals surface area contributed by atoms with Gasteiger partial charge in [0.15, 0.2) is 0 Å². The molecule has 0 bridgehead atoms. The highest BCUT2D eigenvalue weighted by atomic mass is 35.5. The molecule has 0 aromatic heterocycles. The molecule has 3 aromatic rings. The Balaban J connectivity index is 0.00000225. The van der Waals surface area contributed by atoms with Crippen LogP contribution in [0.4, 0.5) is 0 Å². The molecule has 0 saturated heterocycles. The zero-order valence-corrected chi connectivity index (χ0v) is 17.5. The number of hydrogen-bond donors (Lipinski definition) is 0. The summed E-state index contributed by atoms with van der Waals surface area (Å²) in [6, 6.07) is 24.4. The summed E-state index contributed by atoms with van der Waals surface area (Å²) in [6.45, 7) is 2.22. The van der Waals surface area contributed by atoms with E-state index in [0.29, 0.717) is 0 Å². The van der Waals surface area contributed by atoms with Gasteiger partial charge < -0.3 is 12.4 Å². The van der Waals surface area contributed by atoms with Gasteiger partial charge in [-0.05, 0) is 61.5 Å². The zero-order valence-electron chi connectivity index (χ0n) is 13.6. The van der Waals surface area contributed by atoms with E-state index in [1.165, 1.54) is 15.9 Å². The molecule has 3 aromatic carbocycles. The van der Waals surface area contributed by atoms with Crippen molar-refractivity contribution in [2.75, 3.05) is 6.16 Å². The molecule has 0 spiro atoms. The van der Waals surface area contributed by atoms with Crippen LogP contribution >= 0.6 is 42.1 Å². The highest BCUT2D eigenvalue weighted by Gasteiger charge is 2.44. The Kier molecular flexibility index (Phi) is 7.20. The van der Waals surface area contributed by atoms with Gasteiger partial charge in [0.25, 0.3) is 0 Å². The van der Waals surface area contributed by atoms with Crippen molar-refractivity contribution >= 4 is 58.0 Å². The van der Waals surface area contributed by atoms with Crippen LogP contribution in [0.25, 0.3) is 0 Å². The Hall–Kier alpha value is -0.750. The van der Waals surface area contributed by atoms with Crippen molar-refractivity contribution in [3.05, 3.63) is 87.9 Å². The molecule has 5 heteroatoms. The van der Waals surface area contributed by atoms with E-state index < -0.39 is 7.26 Å².